The summed E-state index contributed by atoms with van der Waals surface area (Å²) < 4.78 is 0. The summed E-state index contributed by atoms with van der Waals surface area (Å²) in [4.78, 5) is 30.7. The number of carbonyl (C=O) groups is 2. The number of hydrogen-bond donors (Lipinski definition) is 1. The SMILES string of the molecule is O=C(O)CC1=C(c2ccc(-c3cncnc3)cc2)CCC1=O. The molecule has 0 aliphatic heterocycles. The Balaban J connectivity index is 1.94. The molecule has 0 fully saturated rings. The molecule has 1 N–H and O–H groups in total. The molecule has 3 rings (SSSR count). The number of carboxylic acid groups (broad SMARTS) is 1. The second kappa shape index (κ2) is 5.89. The fraction of sp³-hybridized carbons (Fsp3) is 0.176. The number of rotatable bonds is 4. The zero-order chi connectivity index (χ0) is 15.5. The van der Waals surface area contributed by atoms with Crippen LogP contribution in [-0.2, 0) is 9.59 Å². The second-order valence-corrected chi connectivity index (χ2v) is 5.16. The maximum absolute atomic E-state index is 11.8. The third kappa shape index (κ3) is 2.79. The van der Waals surface area contributed by atoms with Gasteiger partial charge in [-0.3, -0.25) is 9.59 Å². The van der Waals surface area contributed by atoms with E-state index in [1.165, 1.54) is 6.33 Å². The molecular weight excluding hydrogens is 280 g/mol. The van der Waals surface area contributed by atoms with E-state index < -0.39 is 5.97 Å². The summed E-state index contributed by atoms with van der Waals surface area (Å²) in [7, 11) is 0. The number of benzene rings is 1. The van der Waals surface area contributed by atoms with Crippen molar-refractivity contribution < 1.29 is 14.7 Å². The lowest BCUT2D eigenvalue weighted by Crippen LogP contribution is -2.04. The number of allylic oxidation sites excluding steroid dienone is 1. The van der Waals surface area contributed by atoms with E-state index in [0.29, 0.717) is 18.4 Å². The zero-order valence-electron chi connectivity index (χ0n) is 11.8. The minimum atomic E-state index is -0.971. The predicted molar refractivity (Wildman–Crippen MR) is 80.9 cm³/mol. The Bertz CT molecular complexity index is 749. The van der Waals surface area contributed by atoms with Crippen molar-refractivity contribution in [3.05, 3.63) is 54.1 Å². The van der Waals surface area contributed by atoms with Crippen molar-refractivity contribution >= 4 is 17.3 Å². The monoisotopic (exact) mass is 294 g/mol. The van der Waals surface area contributed by atoms with E-state index in [4.69, 9.17) is 5.11 Å². The topological polar surface area (TPSA) is 80.2 Å². The van der Waals surface area contributed by atoms with Crippen molar-refractivity contribution in [2.45, 2.75) is 19.3 Å². The highest BCUT2D eigenvalue weighted by molar-refractivity contribution is 6.09. The highest BCUT2D eigenvalue weighted by Gasteiger charge is 2.25. The first kappa shape index (κ1) is 14.1. The van der Waals surface area contributed by atoms with Gasteiger partial charge in [0.2, 0.25) is 0 Å². The lowest BCUT2D eigenvalue weighted by atomic mass is 9.98. The Morgan fingerprint density at radius 2 is 1.64 bits per heavy atom. The van der Waals surface area contributed by atoms with Crippen LogP contribution < -0.4 is 0 Å². The Hall–Kier alpha value is -2.82. The Kier molecular flexibility index (Phi) is 3.78. The summed E-state index contributed by atoms with van der Waals surface area (Å²) in [5.41, 5.74) is 4.08. The van der Waals surface area contributed by atoms with E-state index in [9.17, 15) is 9.59 Å². The molecular formula is C17H14N2O3. The number of carbonyl (C=O) groups excluding carboxylic acids is 1. The molecule has 0 amide bonds. The van der Waals surface area contributed by atoms with Gasteiger partial charge in [-0.05, 0) is 23.1 Å². The predicted octanol–water partition coefficient (Wildman–Crippen LogP) is 2.73. The fourth-order valence-corrected chi connectivity index (χ4v) is 2.70. The van der Waals surface area contributed by atoms with Gasteiger partial charge in [0.05, 0.1) is 6.42 Å². The summed E-state index contributed by atoms with van der Waals surface area (Å²) in [6.07, 6.45) is 5.74. The van der Waals surface area contributed by atoms with Gasteiger partial charge in [-0.1, -0.05) is 24.3 Å². The van der Waals surface area contributed by atoms with Crippen molar-refractivity contribution in [1.29, 1.82) is 0 Å². The van der Waals surface area contributed by atoms with Crippen LogP contribution in [0.25, 0.3) is 16.7 Å². The highest BCUT2D eigenvalue weighted by Crippen LogP contribution is 2.34. The molecule has 0 saturated carbocycles. The molecule has 0 bridgehead atoms. The largest absolute Gasteiger partial charge is 0.481 e. The van der Waals surface area contributed by atoms with Gasteiger partial charge in [0.1, 0.15) is 6.33 Å². The van der Waals surface area contributed by atoms with Gasteiger partial charge in [-0.2, -0.15) is 0 Å². The first-order valence-corrected chi connectivity index (χ1v) is 6.98. The van der Waals surface area contributed by atoms with Crippen LogP contribution in [0.3, 0.4) is 0 Å². The van der Waals surface area contributed by atoms with E-state index in [1.807, 2.05) is 24.3 Å². The van der Waals surface area contributed by atoms with Crippen molar-refractivity contribution in [1.82, 2.24) is 9.97 Å². The number of carboxylic acids is 1. The maximum Gasteiger partial charge on any atom is 0.307 e. The molecule has 1 aromatic heterocycles. The van der Waals surface area contributed by atoms with Crippen LogP contribution in [0.15, 0.2) is 48.6 Å². The van der Waals surface area contributed by atoms with Crippen molar-refractivity contribution in [3.8, 4) is 11.1 Å². The van der Waals surface area contributed by atoms with Crippen LogP contribution in [-0.4, -0.2) is 26.8 Å². The molecule has 110 valence electrons. The summed E-state index contributed by atoms with van der Waals surface area (Å²) in [6, 6.07) is 7.70. The quantitative estimate of drug-likeness (QED) is 0.937. The highest BCUT2D eigenvalue weighted by atomic mass is 16.4. The van der Waals surface area contributed by atoms with Gasteiger partial charge >= 0.3 is 5.97 Å². The van der Waals surface area contributed by atoms with E-state index in [2.05, 4.69) is 9.97 Å². The van der Waals surface area contributed by atoms with Gasteiger partial charge in [0, 0.05) is 30.0 Å². The van der Waals surface area contributed by atoms with E-state index >= 15 is 0 Å². The molecule has 5 heteroatoms. The minimum absolute atomic E-state index is 0.0575. The molecule has 1 aliphatic rings. The maximum atomic E-state index is 11.8. The number of hydrogen-bond acceptors (Lipinski definition) is 4. The van der Waals surface area contributed by atoms with Gasteiger partial charge in [-0.15, -0.1) is 0 Å². The summed E-state index contributed by atoms with van der Waals surface area (Å²) in [5, 5.41) is 8.95. The Morgan fingerprint density at radius 3 is 2.27 bits per heavy atom. The Morgan fingerprint density at radius 1 is 1.00 bits per heavy atom. The molecule has 2 aromatic rings. The number of ketones is 1. The lowest BCUT2D eigenvalue weighted by molar-refractivity contribution is -0.136. The normalized spacial score (nSPS) is 14.5. The van der Waals surface area contributed by atoms with Crippen LogP contribution in [0.1, 0.15) is 24.8 Å². The molecule has 1 heterocycles. The van der Waals surface area contributed by atoms with Gasteiger partial charge < -0.3 is 5.11 Å². The molecule has 0 saturated heterocycles. The van der Waals surface area contributed by atoms with Crippen LogP contribution >= 0.6 is 0 Å². The number of nitrogens with zero attached hydrogens (tertiary/aromatic N) is 2. The number of aliphatic carboxylic acids is 1. The minimum Gasteiger partial charge on any atom is -0.481 e. The third-order valence-corrected chi connectivity index (χ3v) is 3.76. The summed E-state index contributed by atoms with van der Waals surface area (Å²) in [6.45, 7) is 0. The van der Waals surface area contributed by atoms with Gasteiger partial charge in [0.25, 0.3) is 0 Å². The van der Waals surface area contributed by atoms with Gasteiger partial charge in [-0.25, -0.2) is 9.97 Å². The van der Waals surface area contributed by atoms with Crippen molar-refractivity contribution in [2.75, 3.05) is 0 Å². The van der Waals surface area contributed by atoms with Crippen molar-refractivity contribution in [2.24, 2.45) is 0 Å². The first-order valence-electron chi connectivity index (χ1n) is 6.98. The van der Waals surface area contributed by atoms with Crippen LogP contribution in [0.5, 0.6) is 0 Å². The van der Waals surface area contributed by atoms with Crippen LogP contribution in [0.4, 0.5) is 0 Å². The van der Waals surface area contributed by atoms with Crippen LogP contribution in [0, 0.1) is 0 Å². The fourth-order valence-electron chi connectivity index (χ4n) is 2.70. The molecule has 0 atom stereocenters. The number of aromatic nitrogens is 2. The first-order chi connectivity index (χ1) is 10.6. The smallest absolute Gasteiger partial charge is 0.307 e. The lowest BCUT2D eigenvalue weighted by Gasteiger charge is -2.07. The average Bonchev–Trinajstić information content (AvgIpc) is 2.89. The van der Waals surface area contributed by atoms with E-state index in [-0.39, 0.29) is 12.2 Å². The van der Waals surface area contributed by atoms with Gasteiger partial charge in [0.15, 0.2) is 5.78 Å². The molecule has 5 nitrogen and oxygen atoms in total. The zero-order valence-corrected chi connectivity index (χ0v) is 11.8. The molecule has 1 aromatic carbocycles. The molecule has 1 aliphatic carbocycles. The van der Waals surface area contributed by atoms with Crippen LogP contribution in [0.2, 0.25) is 0 Å². The third-order valence-electron chi connectivity index (χ3n) is 3.76. The van der Waals surface area contributed by atoms with E-state index in [1.54, 1.807) is 12.4 Å². The molecule has 22 heavy (non-hydrogen) atoms. The second-order valence-electron chi connectivity index (χ2n) is 5.16. The van der Waals surface area contributed by atoms with E-state index in [0.717, 1.165) is 22.3 Å². The number of Topliss-reactive ketones (excluding diaryl/α,β-unsaturated/α-hetero) is 1. The summed E-state index contributed by atoms with van der Waals surface area (Å²) in [5.74, 6) is -1.03. The summed E-state index contributed by atoms with van der Waals surface area (Å²) >= 11 is 0. The Labute approximate surface area is 127 Å². The molecule has 0 unspecified atom stereocenters. The average molecular weight is 294 g/mol. The molecule has 0 spiro atoms. The molecule has 0 radical (unpaired) electrons. The standard InChI is InChI=1S/C17H14N2O3/c20-16-6-5-14(15(16)7-17(21)22)12-3-1-11(2-4-12)13-8-18-10-19-9-13/h1-4,8-10H,5-7H2,(H,21,22). The van der Waals surface area contributed by atoms with Crippen molar-refractivity contribution in [3.63, 3.8) is 0 Å².